The predicted octanol–water partition coefficient (Wildman–Crippen LogP) is 3.47. The molecule has 1 aromatic carbocycles. The van der Waals surface area contributed by atoms with Crippen LogP contribution in [0.25, 0.3) is 0 Å². The highest BCUT2D eigenvalue weighted by Gasteiger charge is 2.25. The van der Waals surface area contributed by atoms with Crippen molar-refractivity contribution in [1.82, 2.24) is 9.55 Å². The number of aryl methyl sites for hydroxylation is 1. The third kappa shape index (κ3) is 4.70. The number of nitrogens with zero attached hydrogens (tertiary/aromatic N) is 2. The number of hydrogen-bond donors (Lipinski definition) is 2. The number of hydrogen-bond acceptors (Lipinski definition) is 5. The molecule has 2 aromatic rings. The van der Waals surface area contributed by atoms with E-state index in [0.29, 0.717) is 18.4 Å². The van der Waals surface area contributed by atoms with E-state index in [9.17, 15) is 13.6 Å². The highest BCUT2D eigenvalue weighted by molar-refractivity contribution is 8.76. The quantitative estimate of drug-likeness (QED) is 0.695. The number of nitrogens with two attached hydrogens (primary N) is 1. The number of carboxylic acid groups (broad SMARTS) is 1. The second-order valence-corrected chi connectivity index (χ2v) is 8.16. The van der Waals surface area contributed by atoms with Crippen molar-refractivity contribution in [2.45, 2.75) is 36.5 Å². The number of fused-ring (bicyclic) bond motifs is 1. The van der Waals surface area contributed by atoms with Crippen LogP contribution in [0.4, 0.5) is 8.78 Å². The molecule has 2 atom stereocenters. The SMILES string of the molecule is Cl.N[C@@H](CSSc1nccn1C1CCc2cc(F)cc(F)c2C1)C(=O)O. The van der Waals surface area contributed by atoms with Gasteiger partial charge in [-0.1, -0.05) is 10.8 Å². The van der Waals surface area contributed by atoms with Gasteiger partial charge in [-0.15, -0.1) is 12.4 Å². The molecule has 10 heteroatoms. The minimum absolute atomic E-state index is 0. The van der Waals surface area contributed by atoms with Crippen LogP contribution in [0.3, 0.4) is 0 Å². The summed E-state index contributed by atoms with van der Waals surface area (Å²) in [5.41, 5.74) is 6.77. The summed E-state index contributed by atoms with van der Waals surface area (Å²) in [6, 6.07) is 1.44. The van der Waals surface area contributed by atoms with Crippen molar-refractivity contribution in [2.24, 2.45) is 5.73 Å². The van der Waals surface area contributed by atoms with Gasteiger partial charge >= 0.3 is 5.97 Å². The molecule has 3 N–H and O–H groups in total. The van der Waals surface area contributed by atoms with Gasteiger partial charge in [-0.25, -0.2) is 13.8 Å². The Labute approximate surface area is 163 Å². The molecule has 0 aliphatic heterocycles. The Morgan fingerprint density at radius 1 is 1.46 bits per heavy atom. The van der Waals surface area contributed by atoms with Crippen LogP contribution in [0, 0.1) is 11.6 Å². The van der Waals surface area contributed by atoms with Crippen molar-refractivity contribution in [3.8, 4) is 0 Å². The number of halogens is 3. The van der Waals surface area contributed by atoms with Gasteiger partial charge in [-0.2, -0.15) is 0 Å². The van der Waals surface area contributed by atoms with E-state index in [0.717, 1.165) is 23.2 Å². The summed E-state index contributed by atoms with van der Waals surface area (Å²) in [6.07, 6.45) is 5.34. The van der Waals surface area contributed by atoms with Crippen molar-refractivity contribution in [3.05, 3.63) is 47.3 Å². The molecule has 0 bridgehead atoms. The van der Waals surface area contributed by atoms with E-state index in [1.165, 1.54) is 27.7 Å². The first kappa shape index (κ1) is 21.0. The lowest BCUT2D eigenvalue weighted by atomic mass is 9.87. The monoisotopic (exact) mass is 421 g/mol. The fraction of sp³-hybridized carbons (Fsp3) is 0.375. The summed E-state index contributed by atoms with van der Waals surface area (Å²) >= 11 is 0. The van der Waals surface area contributed by atoms with Gasteiger partial charge in [0, 0.05) is 30.3 Å². The van der Waals surface area contributed by atoms with Crippen LogP contribution in [0.1, 0.15) is 23.6 Å². The van der Waals surface area contributed by atoms with E-state index >= 15 is 0 Å². The zero-order chi connectivity index (χ0) is 18.0. The molecule has 0 fully saturated rings. The van der Waals surface area contributed by atoms with E-state index in [2.05, 4.69) is 4.98 Å². The van der Waals surface area contributed by atoms with E-state index < -0.39 is 23.6 Å². The lowest BCUT2D eigenvalue weighted by Crippen LogP contribution is -2.32. The van der Waals surface area contributed by atoms with E-state index in [4.69, 9.17) is 10.8 Å². The summed E-state index contributed by atoms with van der Waals surface area (Å²) in [5.74, 6) is -1.83. The maximum atomic E-state index is 14.1. The summed E-state index contributed by atoms with van der Waals surface area (Å²) in [4.78, 5) is 15.0. The summed E-state index contributed by atoms with van der Waals surface area (Å²) in [6.45, 7) is 0. The maximum Gasteiger partial charge on any atom is 0.321 e. The minimum atomic E-state index is -1.04. The lowest BCUT2D eigenvalue weighted by molar-refractivity contribution is -0.137. The van der Waals surface area contributed by atoms with Crippen LogP contribution >= 0.6 is 34.0 Å². The first-order chi connectivity index (χ1) is 12.0. The van der Waals surface area contributed by atoms with Crippen LogP contribution in [-0.2, 0) is 17.6 Å². The number of aliphatic carboxylic acids is 1. The molecule has 1 aliphatic carbocycles. The minimum Gasteiger partial charge on any atom is -0.480 e. The standard InChI is InChI=1S/C16H17F2N3O2S2.ClH/c17-10-5-9-1-2-11(7-12(9)13(18)6-10)21-4-3-20-16(21)25-24-8-14(19)15(22)23;/h3-6,11,14H,1-2,7-8,19H2,(H,22,23);1H/t11?,14-;/m0./s1. The Balaban J connectivity index is 0.00000243. The number of rotatable bonds is 6. The second kappa shape index (κ2) is 9.07. The molecule has 142 valence electrons. The van der Waals surface area contributed by atoms with Gasteiger partial charge in [0.2, 0.25) is 0 Å². The van der Waals surface area contributed by atoms with Gasteiger partial charge in [0.1, 0.15) is 17.7 Å². The van der Waals surface area contributed by atoms with Crippen molar-refractivity contribution in [3.63, 3.8) is 0 Å². The number of carboxylic acids is 1. The average Bonchev–Trinajstić information content (AvgIpc) is 3.02. The Morgan fingerprint density at radius 2 is 2.23 bits per heavy atom. The zero-order valence-corrected chi connectivity index (χ0v) is 16.0. The molecule has 1 heterocycles. The third-order valence-corrected chi connectivity index (χ3v) is 6.45. The van der Waals surface area contributed by atoms with E-state index in [1.807, 2.05) is 10.8 Å². The van der Waals surface area contributed by atoms with Gasteiger partial charge in [0.05, 0.1) is 0 Å². The molecule has 0 spiro atoms. The molecule has 1 aliphatic rings. The van der Waals surface area contributed by atoms with Gasteiger partial charge in [0.15, 0.2) is 5.16 Å². The lowest BCUT2D eigenvalue weighted by Gasteiger charge is -2.27. The molecule has 26 heavy (non-hydrogen) atoms. The normalized spacial score (nSPS) is 17.3. The van der Waals surface area contributed by atoms with Crippen molar-refractivity contribution < 1.29 is 18.7 Å². The number of aromatic nitrogens is 2. The molecule has 0 amide bonds. The maximum absolute atomic E-state index is 14.1. The van der Waals surface area contributed by atoms with Crippen molar-refractivity contribution >= 4 is 40.0 Å². The number of carbonyl (C=O) groups is 1. The van der Waals surface area contributed by atoms with Crippen LogP contribution in [0.2, 0.25) is 0 Å². The molecule has 0 saturated carbocycles. The fourth-order valence-corrected chi connectivity index (χ4v) is 5.09. The Morgan fingerprint density at radius 3 is 2.96 bits per heavy atom. The first-order valence-corrected chi connectivity index (χ1v) is 10.0. The predicted molar refractivity (Wildman–Crippen MR) is 101 cm³/mol. The van der Waals surface area contributed by atoms with Crippen molar-refractivity contribution in [1.29, 1.82) is 0 Å². The Kier molecular flexibility index (Phi) is 7.33. The molecule has 5 nitrogen and oxygen atoms in total. The van der Waals surface area contributed by atoms with Gasteiger partial charge < -0.3 is 15.4 Å². The zero-order valence-electron chi connectivity index (χ0n) is 13.6. The second-order valence-electron chi connectivity index (χ2n) is 5.85. The first-order valence-electron chi connectivity index (χ1n) is 7.73. The smallest absolute Gasteiger partial charge is 0.321 e. The summed E-state index contributed by atoms with van der Waals surface area (Å²) in [5, 5.41) is 9.53. The number of benzene rings is 1. The molecule has 3 rings (SSSR count). The fourth-order valence-electron chi connectivity index (χ4n) is 2.88. The number of imidazole rings is 1. The van der Waals surface area contributed by atoms with Crippen LogP contribution in [-0.4, -0.2) is 32.4 Å². The molecule has 1 aromatic heterocycles. The van der Waals surface area contributed by atoms with Gasteiger partial charge in [-0.05, 0) is 47.2 Å². The largest absolute Gasteiger partial charge is 0.480 e. The molecule has 0 radical (unpaired) electrons. The Bertz CT molecular complexity index is 791. The van der Waals surface area contributed by atoms with Crippen LogP contribution < -0.4 is 5.73 Å². The van der Waals surface area contributed by atoms with Crippen LogP contribution in [0.15, 0.2) is 29.7 Å². The van der Waals surface area contributed by atoms with Crippen LogP contribution in [0.5, 0.6) is 0 Å². The Hall–Kier alpha value is -1.29. The summed E-state index contributed by atoms with van der Waals surface area (Å²) < 4.78 is 29.4. The third-order valence-electron chi connectivity index (χ3n) is 4.16. The summed E-state index contributed by atoms with van der Waals surface area (Å²) in [7, 11) is 2.67. The molecule has 0 saturated heterocycles. The average molecular weight is 422 g/mol. The van der Waals surface area contributed by atoms with E-state index in [-0.39, 0.29) is 24.2 Å². The molecular formula is C16H18ClF2N3O2S2. The van der Waals surface area contributed by atoms with Crippen molar-refractivity contribution in [2.75, 3.05) is 5.75 Å². The topological polar surface area (TPSA) is 81.1 Å². The van der Waals surface area contributed by atoms with E-state index in [1.54, 1.807) is 6.20 Å². The highest BCUT2D eigenvalue weighted by Crippen LogP contribution is 2.36. The molecule has 1 unspecified atom stereocenters. The highest BCUT2D eigenvalue weighted by atomic mass is 35.5. The van der Waals surface area contributed by atoms with Gasteiger partial charge in [-0.3, -0.25) is 4.79 Å². The molecular weight excluding hydrogens is 404 g/mol. The van der Waals surface area contributed by atoms with Gasteiger partial charge in [0.25, 0.3) is 0 Å².